The summed E-state index contributed by atoms with van der Waals surface area (Å²) >= 11 is 0. The molecule has 3 aromatic rings. The lowest BCUT2D eigenvalue weighted by atomic mass is 10.0. The van der Waals surface area contributed by atoms with Crippen molar-refractivity contribution in [2.45, 2.75) is 20.3 Å². The number of esters is 1. The molecular formula is C20H17F2NO4. The van der Waals surface area contributed by atoms with Crippen LogP contribution >= 0.6 is 0 Å². The van der Waals surface area contributed by atoms with E-state index in [9.17, 15) is 18.4 Å². The van der Waals surface area contributed by atoms with Gasteiger partial charge < -0.3 is 14.5 Å². The first-order valence-electron chi connectivity index (χ1n) is 8.15. The van der Waals surface area contributed by atoms with Crippen LogP contribution in [0.1, 0.15) is 27.0 Å². The Hall–Kier alpha value is -3.22. The number of aryl methyl sites for hydroxylation is 2. The number of benzene rings is 2. The zero-order valence-electron chi connectivity index (χ0n) is 15.0. The molecule has 3 rings (SSSR count). The second-order valence-electron chi connectivity index (χ2n) is 6.17. The number of methoxy groups -OCH3 is 1. The largest absolute Gasteiger partial charge is 0.465 e. The molecule has 1 aromatic heterocycles. The number of fused-ring (bicyclic) bond motifs is 1. The first-order valence-corrected chi connectivity index (χ1v) is 8.15. The predicted octanol–water partition coefficient (Wildman–Crippen LogP) is 4.30. The summed E-state index contributed by atoms with van der Waals surface area (Å²) < 4.78 is 37.6. The highest BCUT2D eigenvalue weighted by atomic mass is 19.1. The van der Waals surface area contributed by atoms with Gasteiger partial charge in [0, 0.05) is 17.0 Å². The second-order valence-corrected chi connectivity index (χ2v) is 6.17. The zero-order valence-corrected chi connectivity index (χ0v) is 15.0. The van der Waals surface area contributed by atoms with Crippen LogP contribution in [0.2, 0.25) is 0 Å². The lowest BCUT2D eigenvalue weighted by Gasteiger charge is -2.09. The van der Waals surface area contributed by atoms with E-state index >= 15 is 0 Å². The van der Waals surface area contributed by atoms with Gasteiger partial charge in [0.1, 0.15) is 17.2 Å². The molecule has 7 heteroatoms. The second kappa shape index (κ2) is 7.19. The maximum atomic E-state index is 14.0. The normalized spacial score (nSPS) is 10.9. The summed E-state index contributed by atoms with van der Waals surface area (Å²) in [7, 11) is 1.08. The highest BCUT2D eigenvalue weighted by Gasteiger charge is 2.19. The summed E-state index contributed by atoms with van der Waals surface area (Å²) in [6.07, 6.45) is 1.41. The van der Waals surface area contributed by atoms with Crippen molar-refractivity contribution in [3.8, 4) is 0 Å². The molecule has 0 radical (unpaired) electrons. The molecule has 1 heterocycles. The van der Waals surface area contributed by atoms with Crippen molar-refractivity contribution in [2.24, 2.45) is 0 Å². The van der Waals surface area contributed by atoms with Crippen LogP contribution in [0.15, 0.2) is 34.9 Å². The number of anilines is 1. The smallest absolute Gasteiger partial charge is 0.340 e. The molecule has 0 spiro atoms. The van der Waals surface area contributed by atoms with E-state index in [4.69, 9.17) is 4.42 Å². The molecule has 2 aromatic carbocycles. The van der Waals surface area contributed by atoms with Gasteiger partial charge in [-0.05, 0) is 31.0 Å². The Morgan fingerprint density at radius 2 is 1.89 bits per heavy atom. The van der Waals surface area contributed by atoms with Gasteiger partial charge in [0.25, 0.3) is 0 Å². The van der Waals surface area contributed by atoms with E-state index in [1.807, 2.05) is 26.0 Å². The van der Waals surface area contributed by atoms with E-state index < -0.39 is 29.1 Å². The van der Waals surface area contributed by atoms with Crippen LogP contribution in [0, 0.1) is 25.5 Å². The molecule has 1 N–H and O–H groups in total. The first-order chi connectivity index (χ1) is 12.8. The molecule has 0 unspecified atom stereocenters. The number of furan rings is 1. The van der Waals surface area contributed by atoms with Crippen molar-refractivity contribution >= 4 is 28.5 Å². The van der Waals surface area contributed by atoms with E-state index in [1.165, 1.54) is 6.26 Å². The lowest BCUT2D eigenvalue weighted by Crippen LogP contribution is -2.16. The van der Waals surface area contributed by atoms with Gasteiger partial charge in [-0.1, -0.05) is 12.1 Å². The van der Waals surface area contributed by atoms with Crippen molar-refractivity contribution in [1.82, 2.24) is 0 Å². The first kappa shape index (κ1) is 18.6. The molecule has 0 saturated heterocycles. The standard InChI is InChI=1S/C20H17F2NO4/c1-10-4-5-13-12(9-27-19(13)11(10)2)6-18(24)23-17-7-14(20(25)26-3)15(21)8-16(17)22/h4-5,7-9H,6H2,1-3H3,(H,23,24). The molecular weight excluding hydrogens is 356 g/mol. The van der Waals surface area contributed by atoms with Crippen molar-refractivity contribution in [1.29, 1.82) is 0 Å². The van der Waals surface area contributed by atoms with Crippen LogP contribution in [0.25, 0.3) is 11.0 Å². The number of halogens is 2. The lowest BCUT2D eigenvalue weighted by molar-refractivity contribution is -0.115. The van der Waals surface area contributed by atoms with Gasteiger partial charge >= 0.3 is 5.97 Å². The average Bonchev–Trinajstić information content (AvgIpc) is 3.03. The predicted molar refractivity (Wildman–Crippen MR) is 95.7 cm³/mol. The highest BCUT2D eigenvalue weighted by molar-refractivity contribution is 5.97. The minimum Gasteiger partial charge on any atom is -0.465 e. The molecule has 140 valence electrons. The van der Waals surface area contributed by atoms with Crippen LogP contribution in [0.5, 0.6) is 0 Å². The summed E-state index contributed by atoms with van der Waals surface area (Å²) in [5, 5.41) is 3.15. The van der Waals surface area contributed by atoms with E-state index in [0.29, 0.717) is 17.2 Å². The van der Waals surface area contributed by atoms with Gasteiger partial charge in [0.15, 0.2) is 0 Å². The summed E-state index contributed by atoms with van der Waals surface area (Å²) in [6.45, 7) is 3.88. The van der Waals surface area contributed by atoms with Crippen molar-refractivity contribution < 1.29 is 27.5 Å². The quantitative estimate of drug-likeness (QED) is 0.693. The monoisotopic (exact) mass is 373 g/mol. The third kappa shape index (κ3) is 3.53. The Bertz CT molecular complexity index is 1060. The number of nitrogens with one attached hydrogen (secondary N) is 1. The topological polar surface area (TPSA) is 68.5 Å². The summed E-state index contributed by atoms with van der Waals surface area (Å²) in [5.74, 6) is -3.55. The van der Waals surface area contributed by atoms with Crippen LogP contribution in [-0.2, 0) is 16.0 Å². The Balaban J connectivity index is 1.85. The van der Waals surface area contributed by atoms with Crippen molar-refractivity contribution in [2.75, 3.05) is 12.4 Å². The van der Waals surface area contributed by atoms with Crippen LogP contribution < -0.4 is 5.32 Å². The van der Waals surface area contributed by atoms with Gasteiger partial charge in [-0.15, -0.1) is 0 Å². The molecule has 0 fully saturated rings. The number of carbonyl (C=O) groups is 2. The molecule has 27 heavy (non-hydrogen) atoms. The number of ether oxygens (including phenoxy) is 1. The summed E-state index contributed by atoms with van der Waals surface area (Å²) in [4.78, 5) is 23.9. The Morgan fingerprint density at radius 1 is 1.15 bits per heavy atom. The maximum Gasteiger partial charge on any atom is 0.340 e. The number of carbonyl (C=O) groups excluding carboxylic acids is 2. The fourth-order valence-corrected chi connectivity index (χ4v) is 2.80. The SMILES string of the molecule is COC(=O)c1cc(NC(=O)Cc2coc3c(C)c(C)ccc23)c(F)cc1F. The van der Waals surface area contributed by atoms with Crippen LogP contribution in [0.4, 0.5) is 14.5 Å². The van der Waals surface area contributed by atoms with Crippen molar-refractivity contribution in [3.63, 3.8) is 0 Å². The minimum atomic E-state index is -1.07. The van der Waals surface area contributed by atoms with Crippen LogP contribution in [-0.4, -0.2) is 19.0 Å². The number of rotatable bonds is 4. The van der Waals surface area contributed by atoms with Gasteiger partial charge in [-0.2, -0.15) is 0 Å². The van der Waals surface area contributed by atoms with E-state index in [0.717, 1.165) is 29.7 Å². The molecule has 0 saturated carbocycles. The Morgan fingerprint density at radius 3 is 2.59 bits per heavy atom. The molecule has 1 amide bonds. The third-order valence-electron chi connectivity index (χ3n) is 4.43. The van der Waals surface area contributed by atoms with Gasteiger partial charge in [-0.3, -0.25) is 4.79 Å². The third-order valence-corrected chi connectivity index (χ3v) is 4.43. The zero-order chi connectivity index (χ0) is 19.7. The van der Waals surface area contributed by atoms with Crippen LogP contribution in [0.3, 0.4) is 0 Å². The fraction of sp³-hybridized carbons (Fsp3) is 0.200. The average molecular weight is 373 g/mol. The summed E-state index contributed by atoms with van der Waals surface area (Å²) in [5.41, 5.74) is 2.61. The van der Waals surface area contributed by atoms with E-state index in [2.05, 4.69) is 10.1 Å². The molecule has 0 atom stereocenters. The molecule has 0 aliphatic carbocycles. The number of hydrogen-bond donors (Lipinski definition) is 1. The van der Waals surface area contributed by atoms with Crippen molar-refractivity contribution in [3.05, 3.63) is 64.4 Å². The number of amides is 1. The van der Waals surface area contributed by atoms with Gasteiger partial charge in [0.05, 0.1) is 31.0 Å². The maximum absolute atomic E-state index is 14.0. The Kier molecular flexibility index (Phi) is 4.94. The molecule has 0 aliphatic heterocycles. The van der Waals surface area contributed by atoms with E-state index in [-0.39, 0.29) is 12.1 Å². The Labute approximate surface area is 153 Å². The summed E-state index contributed by atoms with van der Waals surface area (Å²) in [6, 6.07) is 5.23. The molecule has 5 nitrogen and oxygen atoms in total. The fourth-order valence-electron chi connectivity index (χ4n) is 2.80. The van der Waals surface area contributed by atoms with Gasteiger partial charge in [-0.25, -0.2) is 13.6 Å². The minimum absolute atomic E-state index is 0.0696. The number of hydrogen-bond acceptors (Lipinski definition) is 4. The molecule has 0 aliphatic rings. The highest BCUT2D eigenvalue weighted by Crippen LogP contribution is 2.27. The molecule has 0 bridgehead atoms. The van der Waals surface area contributed by atoms with Gasteiger partial charge in [0.2, 0.25) is 5.91 Å². The van der Waals surface area contributed by atoms with E-state index in [1.54, 1.807) is 0 Å².